The van der Waals surface area contributed by atoms with E-state index in [1.807, 2.05) is 36.4 Å². The zero-order chi connectivity index (χ0) is 14.1. The maximum atomic E-state index is 6.43. The number of hydrogen-bond donors (Lipinski definition) is 0. The summed E-state index contributed by atoms with van der Waals surface area (Å²) in [6.45, 7) is 0. The van der Waals surface area contributed by atoms with Gasteiger partial charge in [0.25, 0.3) is 0 Å². The van der Waals surface area contributed by atoms with Gasteiger partial charge in [0.05, 0.1) is 19.6 Å². The number of thiophene rings is 1. The fourth-order valence-electron chi connectivity index (χ4n) is 2.08. The molecular weight excluding hydrogens is 333 g/mol. The second-order valence-corrected chi connectivity index (χ2v) is 7.26. The molecule has 0 aliphatic carbocycles. The summed E-state index contributed by atoms with van der Waals surface area (Å²) in [5, 5.41) is 0.902. The first-order valence-electron chi connectivity index (χ1n) is 6.07. The van der Waals surface area contributed by atoms with Gasteiger partial charge >= 0.3 is 0 Å². The van der Waals surface area contributed by atoms with Crippen molar-refractivity contribution in [1.82, 2.24) is 4.98 Å². The fraction of sp³-hybridized carbons (Fsp3) is 0.133. The van der Waals surface area contributed by atoms with Gasteiger partial charge < -0.3 is 0 Å². The van der Waals surface area contributed by atoms with Crippen LogP contribution in [-0.4, -0.2) is 4.98 Å². The first-order chi connectivity index (χ1) is 9.63. The van der Waals surface area contributed by atoms with Crippen molar-refractivity contribution in [1.29, 1.82) is 0 Å². The maximum absolute atomic E-state index is 6.43. The minimum Gasteiger partial charge on any atom is -0.253 e. The van der Waals surface area contributed by atoms with Gasteiger partial charge in [-0.2, -0.15) is 0 Å². The van der Waals surface area contributed by atoms with Crippen molar-refractivity contribution in [3.05, 3.63) is 62.4 Å². The van der Waals surface area contributed by atoms with Crippen LogP contribution in [0.4, 0.5) is 0 Å². The summed E-state index contributed by atoms with van der Waals surface area (Å²) in [5.74, 6) is 0. The number of rotatable bonds is 3. The SMILES string of the molecule is Clc1cc(C(Cl)Cc2ccc3ccccc3n2)c(Cl)s1. The van der Waals surface area contributed by atoms with E-state index in [2.05, 4.69) is 11.1 Å². The van der Waals surface area contributed by atoms with E-state index in [-0.39, 0.29) is 5.38 Å². The molecule has 1 aromatic carbocycles. The molecule has 3 rings (SSSR count). The first kappa shape index (κ1) is 14.2. The third kappa shape index (κ3) is 2.94. The lowest BCUT2D eigenvalue weighted by atomic mass is 10.1. The van der Waals surface area contributed by atoms with E-state index in [4.69, 9.17) is 34.8 Å². The summed E-state index contributed by atoms with van der Waals surface area (Å²) in [7, 11) is 0. The molecule has 1 nitrogen and oxygen atoms in total. The molecule has 0 spiro atoms. The Morgan fingerprint density at radius 2 is 1.90 bits per heavy atom. The molecule has 2 aromatic heterocycles. The predicted molar refractivity (Wildman–Crippen MR) is 88.4 cm³/mol. The lowest BCUT2D eigenvalue weighted by Crippen LogP contribution is -1.98. The van der Waals surface area contributed by atoms with Crippen molar-refractivity contribution in [2.24, 2.45) is 0 Å². The number of fused-ring (bicyclic) bond motifs is 1. The molecular formula is C15H10Cl3NS. The number of benzene rings is 1. The molecule has 1 atom stereocenters. The quantitative estimate of drug-likeness (QED) is 0.522. The largest absolute Gasteiger partial charge is 0.253 e. The van der Waals surface area contributed by atoms with Gasteiger partial charge in [0.2, 0.25) is 0 Å². The van der Waals surface area contributed by atoms with Crippen molar-refractivity contribution in [3.8, 4) is 0 Å². The second kappa shape index (κ2) is 5.90. The number of pyridine rings is 1. The van der Waals surface area contributed by atoms with Gasteiger partial charge in [-0.1, -0.05) is 47.5 Å². The molecule has 0 N–H and O–H groups in total. The first-order valence-corrected chi connectivity index (χ1v) is 8.08. The number of alkyl halides is 1. The van der Waals surface area contributed by atoms with E-state index in [9.17, 15) is 0 Å². The smallest absolute Gasteiger partial charge is 0.0991 e. The molecule has 3 aromatic rings. The Hall–Kier alpha value is -0.800. The topological polar surface area (TPSA) is 12.9 Å². The van der Waals surface area contributed by atoms with Crippen LogP contribution in [0.2, 0.25) is 8.67 Å². The Bertz CT molecular complexity index is 754. The molecule has 0 saturated carbocycles. The third-order valence-electron chi connectivity index (χ3n) is 3.06. The average Bonchev–Trinajstić information content (AvgIpc) is 2.78. The van der Waals surface area contributed by atoms with Crippen LogP contribution in [0, 0.1) is 0 Å². The molecule has 0 aliphatic heterocycles. The third-order valence-corrected chi connectivity index (χ3v) is 4.97. The molecule has 0 radical (unpaired) electrons. The van der Waals surface area contributed by atoms with Crippen LogP contribution in [0.1, 0.15) is 16.6 Å². The van der Waals surface area contributed by atoms with Crippen LogP contribution in [-0.2, 0) is 6.42 Å². The summed E-state index contributed by atoms with van der Waals surface area (Å²) < 4.78 is 1.30. The molecule has 0 amide bonds. The molecule has 1 unspecified atom stereocenters. The van der Waals surface area contributed by atoms with Crippen LogP contribution in [0.5, 0.6) is 0 Å². The van der Waals surface area contributed by atoms with Gasteiger partial charge in [0, 0.05) is 23.1 Å². The van der Waals surface area contributed by atoms with Gasteiger partial charge in [0.1, 0.15) is 0 Å². The van der Waals surface area contributed by atoms with Gasteiger partial charge in [-0.25, -0.2) is 0 Å². The maximum Gasteiger partial charge on any atom is 0.0991 e. The van der Waals surface area contributed by atoms with E-state index in [0.29, 0.717) is 15.1 Å². The Morgan fingerprint density at radius 3 is 2.65 bits per heavy atom. The van der Waals surface area contributed by atoms with Gasteiger partial charge in [-0.05, 0) is 18.2 Å². The minimum absolute atomic E-state index is 0.222. The monoisotopic (exact) mass is 341 g/mol. The van der Waals surface area contributed by atoms with Crippen LogP contribution in [0.15, 0.2) is 42.5 Å². The van der Waals surface area contributed by atoms with E-state index in [1.165, 1.54) is 11.3 Å². The lowest BCUT2D eigenvalue weighted by Gasteiger charge is -2.08. The van der Waals surface area contributed by atoms with Crippen LogP contribution in [0.3, 0.4) is 0 Å². The van der Waals surface area contributed by atoms with E-state index < -0.39 is 0 Å². The van der Waals surface area contributed by atoms with E-state index in [1.54, 1.807) is 0 Å². The Kier molecular flexibility index (Phi) is 4.18. The molecule has 0 saturated heterocycles. The highest BCUT2D eigenvalue weighted by atomic mass is 35.5. The summed E-state index contributed by atoms with van der Waals surface area (Å²) >= 11 is 19.9. The van der Waals surface area contributed by atoms with Crippen molar-refractivity contribution < 1.29 is 0 Å². The molecule has 0 aliphatic rings. The number of para-hydroxylation sites is 1. The van der Waals surface area contributed by atoms with E-state index in [0.717, 1.165) is 22.2 Å². The Balaban J connectivity index is 1.87. The average molecular weight is 343 g/mol. The van der Waals surface area contributed by atoms with Crippen LogP contribution in [0.25, 0.3) is 10.9 Å². The molecule has 0 fully saturated rings. The molecule has 5 heteroatoms. The number of hydrogen-bond acceptors (Lipinski definition) is 2. The Morgan fingerprint density at radius 1 is 1.10 bits per heavy atom. The van der Waals surface area contributed by atoms with E-state index >= 15 is 0 Å². The van der Waals surface area contributed by atoms with Crippen molar-refractivity contribution in [3.63, 3.8) is 0 Å². The minimum atomic E-state index is -0.222. The standard InChI is InChI=1S/C15H10Cl3NS/c16-12(11-8-14(17)20-15(11)18)7-10-6-5-9-3-1-2-4-13(9)19-10/h1-6,8,12H,7H2. The zero-order valence-electron chi connectivity index (χ0n) is 10.3. The van der Waals surface area contributed by atoms with Crippen molar-refractivity contribution in [2.45, 2.75) is 11.8 Å². The molecule has 20 heavy (non-hydrogen) atoms. The summed E-state index contributed by atoms with van der Waals surface area (Å²) in [5.41, 5.74) is 2.80. The van der Waals surface area contributed by atoms with Crippen molar-refractivity contribution >= 4 is 57.0 Å². The molecule has 0 bridgehead atoms. The zero-order valence-corrected chi connectivity index (χ0v) is 13.4. The lowest BCUT2D eigenvalue weighted by molar-refractivity contribution is 0.892. The fourth-order valence-corrected chi connectivity index (χ4v) is 4.11. The van der Waals surface area contributed by atoms with Gasteiger partial charge in [0.15, 0.2) is 0 Å². The summed E-state index contributed by atoms with van der Waals surface area (Å²) in [6.07, 6.45) is 0.624. The van der Waals surface area contributed by atoms with Crippen molar-refractivity contribution in [2.75, 3.05) is 0 Å². The number of halogens is 3. The van der Waals surface area contributed by atoms with Crippen LogP contribution < -0.4 is 0 Å². The number of aromatic nitrogens is 1. The highest BCUT2D eigenvalue weighted by Gasteiger charge is 2.16. The highest BCUT2D eigenvalue weighted by molar-refractivity contribution is 7.20. The molecule has 2 heterocycles. The summed E-state index contributed by atoms with van der Waals surface area (Å²) in [6, 6.07) is 13.9. The van der Waals surface area contributed by atoms with Crippen LogP contribution >= 0.6 is 46.1 Å². The highest BCUT2D eigenvalue weighted by Crippen LogP contribution is 2.38. The van der Waals surface area contributed by atoms with Gasteiger partial charge in [-0.3, -0.25) is 4.98 Å². The normalized spacial score (nSPS) is 12.8. The Labute approximate surface area is 136 Å². The number of nitrogens with zero attached hydrogens (tertiary/aromatic N) is 1. The molecule has 102 valence electrons. The predicted octanol–water partition coefficient (Wildman–Crippen LogP) is 6.13. The second-order valence-electron chi connectivity index (χ2n) is 4.45. The van der Waals surface area contributed by atoms with Gasteiger partial charge in [-0.15, -0.1) is 22.9 Å². The summed E-state index contributed by atoms with van der Waals surface area (Å²) in [4.78, 5) is 4.62.